The van der Waals surface area contributed by atoms with E-state index >= 15 is 0 Å². The summed E-state index contributed by atoms with van der Waals surface area (Å²) in [6, 6.07) is 71.1. The van der Waals surface area contributed by atoms with E-state index in [1.165, 1.54) is 74.6 Å². The summed E-state index contributed by atoms with van der Waals surface area (Å²) in [5.74, 6) is 0. The lowest BCUT2D eigenvalue weighted by Gasteiger charge is -2.28. The normalized spacial score (nSPS) is 11.8. The molecule has 248 valence electrons. The molecule has 53 heavy (non-hydrogen) atoms. The van der Waals surface area contributed by atoms with E-state index in [0.29, 0.717) is 0 Å². The van der Waals surface area contributed by atoms with E-state index in [0.717, 1.165) is 22.7 Å². The van der Waals surface area contributed by atoms with Crippen molar-refractivity contribution in [3.8, 4) is 16.8 Å². The quantitative estimate of drug-likeness (QED) is 0.174. The van der Waals surface area contributed by atoms with Gasteiger partial charge in [-0.05, 0) is 82.4 Å². The zero-order valence-corrected chi connectivity index (χ0v) is 29.6. The molecular formula is C50H32N2S. The van der Waals surface area contributed by atoms with Crippen LogP contribution in [0.25, 0.3) is 80.3 Å². The van der Waals surface area contributed by atoms with Gasteiger partial charge < -0.3 is 9.47 Å². The van der Waals surface area contributed by atoms with Gasteiger partial charge in [0.15, 0.2) is 0 Å². The summed E-state index contributed by atoms with van der Waals surface area (Å²) in [4.78, 5) is 2.45. The van der Waals surface area contributed by atoms with E-state index in [4.69, 9.17) is 0 Å². The third kappa shape index (κ3) is 4.78. The average Bonchev–Trinajstić information content (AvgIpc) is 3.77. The maximum Gasteiger partial charge on any atom is 0.0620 e. The minimum absolute atomic E-state index is 1.11. The first kappa shape index (κ1) is 30.0. The Balaban J connectivity index is 1.21. The van der Waals surface area contributed by atoms with Crippen LogP contribution >= 0.6 is 11.3 Å². The second-order valence-corrected chi connectivity index (χ2v) is 14.8. The van der Waals surface area contributed by atoms with Crippen molar-refractivity contribution in [3.63, 3.8) is 0 Å². The molecule has 0 N–H and O–H groups in total. The van der Waals surface area contributed by atoms with Crippen LogP contribution in [0.2, 0.25) is 0 Å². The topological polar surface area (TPSA) is 8.17 Å². The first-order chi connectivity index (χ1) is 26.3. The Bertz CT molecular complexity index is 3190. The predicted molar refractivity (Wildman–Crippen MR) is 229 cm³/mol. The highest BCUT2D eigenvalue weighted by atomic mass is 32.1. The standard InChI is InChI=1S/C50H32N2S/c1-2-13-34(14-3-1)40-16-6-9-19-46(40)51(39-27-29-49-45(32-39)42-18-8-11-21-48(42)53-49)38-26-23-35-24-28-43-41-17-7-10-20-47(41)52(50(43)44(35)31-38)37-25-22-33-12-4-5-15-36(33)30-37/h1-32H. The van der Waals surface area contributed by atoms with Gasteiger partial charge >= 0.3 is 0 Å². The van der Waals surface area contributed by atoms with Crippen molar-refractivity contribution >= 4 is 91.9 Å². The second kappa shape index (κ2) is 11.9. The van der Waals surface area contributed by atoms with Gasteiger partial charge in [0.25, 0.3) is 0 Å². The monoisotopic (exact) mass is 692 g/mol. The summed E-state index contributed by atoms with van der Waals surface area (Å²) in [5, 5.41) is 9.99. The molecule has 11 aromatic rings. The Morgan fingerprint density at radius 1 is 0.396 bits per heavy atom. The molecule has 0 bridgehead atoms. The number of para-hydroxylation sites is 2. The Kier molecular flexibility index (Phi) is 6.76. The predicted octanol–water partition coefficient (Wildman–Crippen LogP) is 14.6. The lowest BCUT2D eigenvalue weighted by atomic mass is 10.0. The van der Waals surface area contributed by atoms with Crippen LogP contribution in [0, 0.1) is 0 Å². The maximum atomic E-state index is 2.47. The van der Waals surface area contributed by atoms with Crippen molar-refractivity contribution in [1.82, 2.24) is 4.57 Å². The molecule has 2 nitrogen and oxygen atoms in total. The van der Waals surface area contributed by atoms with Gasteiger partial charge in [0.2, 0.25) is 0 Å². The van der Waals surface area contributed by atoms with E-state index in [1.54, 1.807) is 0 Å². The molecular weight excluding hydrogens is 661 g/mol. The highest BCUT2D eigenvalue weighted by molar-refractivity contribution is 7.25. The molecule has 0 saturated heterocycles. The van der Waals surface area contributed by atoms with Gasteiger partial charge in [-0.25, -0.2) is 0 Å². The van der Waals surface area contributed by atoms with E-state index in [2.05, 4.69) is 204 Å². The number of hydrogen-bond acceptors (Lipinski definition) is 2. The number of hydrogen-bond donors (Lipinski definition) is 0. The summed E-state index contributed by atoms with van der Waals surface area (Å²) < 4.78 is 5.08. The van der Waals surface area contributed by atoms with Gasteiger partial charge in [-0.15, -0.1) is 11.3 Å². The van der Waals surface area contributed by atoms with Gasteiger partial charge in [-0.3, -0.25) is 0 Å². The maximum absolute atomic E-state index is 2.47. The number of anilines is 3. The molecule has 0 aliphatic carbocycles. The molecule has 9 aromatic carbocycles. The summed E-state index contributed by atoms with van der Waals surface area (Å²) in [6.07, 6.45) is 0. The number of rotatable bonds is 5. The number of benzene rings is 9. The fourth-order valence-corrected chi connectivity index (χ4v) is 9.39. The molecule has 0 saturated carbocycles. The van der Waals surface area contributed by atoms with Gasteiger partial charge in [0.1, 0.15) is 0 Å². The van der Waals surface area contributed by atoms with Crippen molar-refractivity contribution in [2.75, 3.05) is 4.90 Å². The molecule has 0 radical (unpaired) electrons. The highest BCUT2D eigenvalue weighted by Crippen LogP contribution is 2.45. The summed E-state index contributed by atoms with van der Waals surface area (Å²) in [5.41, 5.74) is 9.34. The van der Waals surface area contributed by atoms with Crippen LogP contribution in [-0.2, 0) is 0 Å². The van der Waals surface area contributed by atoms with Crippen molar-refractivity contribution in [2.24, 2.45) is 0 Å². The Hall–Kier alpha value is -6.68. The van der Waals surface area contributed by atoms with E-state index in [1.807, 2.05) is 11.3 Å². The lowest BCUT2D eigenvalue weighted by Crippen LogP contribution is -2.11. The van der Waals surface area contributed by atoms with Crippen LogP contribution in [0.3, 0.4) is 0 Å². The van der Waals surface area contributed by atoms with Crippen LogP contribution in [0.4, 0.5) is 17.1 Å². The molecule has 0 spiro atoms. The molecule has 2 aromatic heterocycles. The number of aromatic nitrogens is 1. The van der Waals surface area contributed by atoms with Crippen LogP contribution in [0.5, 0.6) is 0 Å². The van der Waals surface area contributed by atoms with E-state index < -0.39 is 0 Å². The largest absolute Gasteiger partial charge is 0.310 e. The Morgan fingerprint density at radius 3 is 1.96 bits per heavy atom. The number of thiophene rings is 1. The van der Waals surface area contributed by atoms with Crippen LogP contribution in [0.15, 0.2) is 194 Å². The SMILES string of the molecule is c1ccc(-c2ccccc2N(c2ccc3sc4ccccc4c3c2)c2ccc3ccc4c5ccccc5n(-c5ccc6ccccc6c5)c4c3c2)cc1. The summed E-state index contributed by atoms with van der Waals surface area (Å²) in [6.45, 7) is 0. The van der Waals surface area contributed by atoms with E-state index in [9.17, 15) is 0 Å². The average molecular weight is 693 g/mol. The Morgan fingerprint density at radius 2 is 1.06 bits per heavy atom. The molecule has 0 fully saturated rings. The third-order valence-corrected chi connectivity index (χ3v) is 11.9. The lowest BCUT2D eigenvalue weighted by molar-refractivity contribution is 1.19. The molecule has 3 heteroatoms. The highest BCUT2D eigenvalue weighted by Gasteiger charge is 2.21. The van der Waals surface area contributed by atoms with Gasteiger partial charge in [-0.2, -0.15) is 0 Å². The first-order valence-corrected chi connectivity index (χ1v) is 18.9. The minimum atomic E-state index is 1.11. The molecule has 2 heterocycles. The van der Waals surface area contributed by atoms with Crippen molar-refractivity contribution < 1.29 is 0 Å². The number of nitrogens with zero attached hydrogens (tertiary/aromatic N) is 2. The zero-order valence-electron chi connectivity index (χ0n) is 28.8. The zero-order chi connectivity index (χ0) is 34.9. The number of fused-ring (bicyclic) bond motifs is 9. The van der Waals surface area contributed by atoms with Gasteiger partial charge in [0.05, 0.1) is 16.7 Å². The fourth-order valence-electron chi connectivity index (χ4n) is 8.30. The second-order valence-electron chi connectivity index (χ2n) is 13.7. The van der Waals surface area contributed by atoms with Crippen LogP contribution < -0.4 is 4.90 Å². The first-order valence-electron chi connectivity index (χ1n) is 18.1. The molecule has 0 unspecified atom stereocenters. The summed E-state index contributed by atoms with van der Waals surface area (Å²) in [7, 11) is 0. The third-order valence-electron chi connectivity index (χ3n) is 10.7. The van der Waals surface area contributed by atoms with Crippen LogP contribution in [0.1, 0.15) is 0 Å². The molecule has 0 aliphatic rings. The molecule has 11 rings (SSSR count). The van der Waals surface area contributed by atoms with Gasteiger partial charge in [0, 0.05) is 59.0 Å². The van der Waals surface area contributed by atoms with Crippen molar-refractivity contribution in [3.05, 3.63) is 194 Å². The van der Waals surface area contributed by atoms with Gasteiger partial charge in [-0.1, -0.05) is 133 Å². The minimum Gasteiger partial charge on any atom is -0.310 e. The van der Waals surface area contributed by atoms with Crippen molar-refractivity contribution in [1.29, 1.82) is 0 Å². The summed E-state index contributed by atoms with van der Waals surface area (Å²) >= 11 is 1.86. The van der Waals surface area contributed by atoms with Crippen LogP contribution in [-0.4, -0.2) is 4.57 Å². The molecule has 0 amide bonds. The molecule has 0 atom stereocenters. The smallest absolute Gasteiger partial charge is 0.0620 e. The molecule has 0 aliphatic heterocycles. The van der Waals surface area contributed by atoms with E-state index in [-0.39, 0.29) is 0 Å². The fraction of sp³-hybridized carbons (Fsp3) is 0. The Labute approximate surface area is 311 Å². The van der Waals surface area contributed by atoms with Crippen molar-refractivity contribution in [2.45, 2.75) is 0 Å².